The zero-order chi connectivity index (χ0) is 35.7. The third-order valence-corrected chi connectivity index (χ3v) is 17.2. The standard InChI is InChI=1S/C49H38N2S3/c1-49(2)39-15-7-3-11-33(39)34-25-23-32(28-40(34)49)50(31-24-26-44-38(27-31)35-12-4-8-16-41(35)52-44)29-19-21-30(22-20-29)51-45-36-13-5-9-17-42(36)53-47(45)48-46(51)37-14-6-10-18-43(37)54-48/h3-28,36,42,45-48H,1-2H3. The highest BCUT2D eigenvalue weighted by atomic mass is 32.2. The summed E-state index contributed by atoms with van der Waals surface area (Å²) in [5.74, 6) is 0.519. The van der Waals surface area contributed by atoms with Crippen molar-refractivity contribution in [2.45, 2.75) is 52.0 Å². The van der Waals surface area contributed by atoms with E-state index in [1.54, 1.807) is 0 Å². The van der Waals surface area contributed by atoms with E-state index in [1.807, 2.05) is 11.3 Å². The van der Waals surface area contributed by atoms with Crippen molar-refractivity contribution in [3.05, 3.63) is 174 Å². The van der Waals surface area contributed by atoms with Crippen LogP contribution in [0, 0.1) is 5.92 Å². The maximum Gasteiger partial charge on any atom is 0.0690 e. The molecule has 2 saturated heterocycles. The first kappa shape index (κ1) is 31.6. The predicted molar refractivity (Wildman–Crippen MR) is 234 cm³/mol. The van der Waals surface area contributed by atoms with Crippen LogP contribution in [0.4, 0.5) is 22.7 Å². The highest BCUT2D eigenvalue weighted by molar-refractivity contribution is 8.04. The molecule has 2 fully saturated rings. The molecule has 54 heavy (non-hydrogen) atoms. The van der Waals surface area contributed by atoms with Crippen molar-refractivity contribution in [2.24, 2.45) is 5.92 Å². The van der Waals surface area contributed by atoms with Crippen LogP contribution in [0.3, 0.4) is 0 Å². The molecule has 0 spiro atoms. The molecular weight excluding hydrogens is 713 g/mol. The average molecular weight is 751 g/mol. The van der Waals surface area contributed by atoms with E-state index >= 15 is 0 Å². The van der Waals surface area contributed by atoms with Gasteiger partial charge in [0, 0.05) is 74.9 Å². The van der Waals surface area contributed by atoms with Crippen LogP contribution in [0.5, 0.6) is 0 Å². The Morgan fingerprint density at radius 3 is 2.26 bits per heavy atom. The molecule has 3 aliphatic heterocycles. The number of hydrogen-bond donors (Lipinski definition) is 0. The van der Waals surface area contributed by atoms with Crippen molar-refractivity contribution in [1.82, 2.24) is 0 Å². The van der Waals surface area contributed by atoms with E-state index in [-0.39, 0.29) is 5.41 Å². The second kappa shape index (κ2) is 11.7. The van der Waals surface area contributed by atoms with Crippen molar-refractivity contribution >= 4 is 77.8 Å². The monoisotopic (exact) mass is 750 g/mol. The fourth-order valence-electron chi connectivity index (χ4n) is 10.3. The van der Waals surface area contributed by atoms with E-state index in [0.29, 0.717) is 33.8 Å². The zero-order valence-corrected chi connectivity index (χ0v) is 32.5. The Bertz CT molecular complexity index is 2720. The zero-order valence-electron chi connectivity index (χ0n) is 30.1. The Morgan fingerprint density at radius 2 is 1.33 bits per heavy atom. The van der Waals surface area contributed by atoms with Gasteiger partial charge in [0.2, 0.25) is 0 Å². The van der Waals surface area contributed by atoms with Gasteiger partial charge in [0.15, 0.2) is 0 Å². The molecule has 0 N–H and O–H groups in total. The van der Waals surface area contributed by atoms with E-state index in [0.717, 1.165) is 0 Å². The Labute approximate surface area is 329 Å². The summed E-state index contributed by atoms with van der Waals surface area (Å²) in [5.41, 5.74) is 11.8. The first-order chi connectivity index (χ1) is 26.5. The summed E-state index contributed by atoms with van der Waals surface area (Å²) >= 11 is 6.21. The lowest BCUT2D eigenvalue weighted by atomic mass is 9.82. The maximum absolute atomic E-state index is 2.82. The summed E-state index contributed by atoms with van der Waals surface area (Å²) in [5, 5.41) is 4.32. The van der Waals surface area contributed by atoms with Crippen LogP contribution in [-0.4, -0.2) is 21.8 Å². The van der Waals surface area contributed by atoms with Gasteiger partial charge in [-0.05, 0) is 94.5 Å². The van der Waals surface area contributed by atoms with Gasteiger partial charge in [0.25, 0.3) is 0 Å². The normalized spacial score (nSPS) is 25.0. The number of thioether (sulfide) groups is 2. The fraction of sp³-hybridized carbons (Fsp3) is 0.184. The minimum atomic E-state index is -0.0801. The van der Waals surface area contributed by atoms with Crippen LogP contribution in [0.15, 0.2) is 163 Å². The van der Waals surface area contributed by atoms with Crippen LogP contribution in [-0.2, 0) is 5.41 Å². The predicted octanol–water partition coefficient (Wildman–Crippen LogP) is 13.5. The van der Waals surface area contributed by atoms with Gasteiger partial charge in [-0.1, -0.05) is 105 Å². The van der Waals surface area contributed by atoms with Crippen molar-refractivity contribution in [3.63, 3.8) is 0 Å². The third kappa shape index (κ3) is 4.43. The Morgan fingerprint density at radius 1 is 0.611 bits per heavy atom. The molecule has 5 heteroatoms. The minimum Gasteiger partial charge on any atom is -0.358 e. The number of benzene rings is 6. The molecule has 5 aliphatic rings. The van der Waals surface area contributed by atoms with E-state index in [1.165, 1.54) is 75.6 Å². The Hall–Kier alpha value is -4.68. The number of rotatable bonds is 4. The quantitative estimate of drug-likeness (QED) is 0.177. The number of hydrogen-bond acceptors (Lipinski definition) is 5. The molecule has 6 atom stereocenters. The van der Waals surface area contributed by atoms with Gasteiger partial charge >= 0.3 is 0 Å². The molecule has 262 valence electrons. The number of fused-ring (bicyclic) bond motifs is 13. The first-order valence-corrected chi connectivity index (χ1v) is 21.8. The van der Waals surface area contributed by atoms with E-state index in [9.17, 15) is 0 Å². The fourth-order valence-corrected chi connectivity index (χ4v) is 15.0. The van der Waals surface area contributed by atoms with Gasteiger partial charge in [-0.15, -0.1) is 34.9 Å². The molecule has 0 radical (unpaired) electrons. The minimum absolute atomic E-state index is 0.0801. The molecule has 0 amide bonds. The van der Waals surface area contributed by atoms with Crippen LogP contribution < -0.4 is 9.80 Å². The number of allylic oxidation sites excluding steroid dienone is 2. The summed E-state index contributed by atoms with van der Waals surface area (Å²) in [6.07, 6.45) is 9.47. The van der Waals surface area contributed by atoms with E-state index < -0.39 is 0 Å². The van der Waals surface area contributed by atoms with Crippen LogP contribution in [0.25, 0.3) is 31.3 Å². The number of thiophene rings is 1. The summed E-state index contributed by atoms with van der Waals surface area (Å²) in [4.78, 5) is 6.77. The summed E-state index contributed by atoms with van der Waals surface area (Å²) in [7, 11) is 0. The SMILES string of the molecule is CC1(C)c2ccccc2-c2ccc(N(c3ccc(N4C5c6ccccc6SC5C5SC6C=CC=CC6C54)cc3)c3ccc4sc5ccccc5c4c3)cc21. The lowest BCUT2D eigenvalue weighted by Gasteiger charge is -2.36. The lowest BCUT2D eigenvalue weighted by Crippen LogP contribution is -2.39. The summed E-state index contributed by atoms with van der Waals surface area (Å²) in [6, 6.07) is 51.6. The average Bonchev–Trinajstić information content (AvgIpc) is 3.99. The van der Waals surface area contributed by atoms with Crippen LogP contribution in [0.1, 0.15) is 36.6 Å². The largest absolute Gasteiger partial charge is 0.358 e. The van der Waals surface area contributed by atoms with Gasteiger partial charge in [0.05, 0.1) is 12.1 Å². The van der Waals surface area contributed by atoms with Gasteiger partial charge < -0.3 is 9.80 Å². The molecule has 6 aromatic carbocycles. The second-order valence-corrected chi connectivity index (χ2v) is 19.6. The molecule has 2 aliphatic carbocycles. The molecule has 0 saturated carbocycles. The topological polar surface area (TPSA) is 6.48 Å². The number of anilines is 4. The highest BCUT2D eigenvalue weighted by Crippen LogP contribution is 2.63. The van der Waals surface area contributed by atoms with E-state index in [2.05, 4.69) is 205 Å². The van der Waals surface area contributed by atoms with Gasteiger partial charge in [0.1, 0.15) is 0 Å². The van der Waals surface area contributed by atoms with Crippen molar-refractivity contribution in [3.8, 4) is 11.1 Å². The van der Waals surface area contributed by atoms with Crippen LogP contribution in [0.2, 0.25) is 0 Å². The molecule has 6 unspecified atom stereocenters. The third-order valence-electron chi connectivity index (χ3n) is 12.8. The van der Waals surface area contributed by atoms with Gasteiger partial charge in [-0.3, -0.25) is 0 Å². The molecular formula is C49H38N2S3. The highest BCUT2D eigenvalue weighted by Gasteiger charge is 2.60. The Kier molecular flexibility index (Phi) is 6.84. The maximum atomic E-state index is 2.82. The van der Waals surface area contributed by atoms with Crippen molar-refractivity contribution < 1.29 is 0 Å². The summed E-state index contributed by atoms with van der Waals surface area (Å²) in [6.45, 7) is 4.76. The van der Waals surface area contributed by atoms with E-state index in [4.69, 9.17) is 0 Å². The van der Waals surface area contributed by atoms with Crippen molar-refractivity contribution in [1.29, 1.82) is 0 Å². The lowest BCUT2D eigenvalue weighted by molar-refractivity contribution is 0.529. The molecule has 0 bridgehead atoms. The van der Waals surface area contributed by atoms with Gasteiger partial charge in [-0.2, -0.15) is 0 Å². The van der Waals surface area contributed by atoms with Crippen LogP contribution >= 0.6 is 34.9 Å². The summed E-state index contributed by atoms with van der Waals surface area (Å²) < 4.78 is 2.66. The molecule has 7 aromatic rings. The number of nitrogens with zero attached hydrogens (tertiary/aromatic N) is 2. The molecule has 12 rings (SSSR count). The smallest absolute Gasteiger partial charge is 0.0690 e. The Balaban J connectivity index is 1.00. The van der Waals surface area contributed by atoms with Gasteiger partial charge in [-0.25, -0.2) is 0 Å². The second-order valence-electron chi connectivity index (χ2n) is 15.9. The van der Waals surface area contributed by atoms with Crippen molar-refractivity contribution in [2.75, 3.05) is 9.80 Å². The first-order valence-electron chi connectivity index (χ1n) is 19.1. The molecule has 1 aromatic heterocycles. The molecule has 2 nitrogen and oxygen atoms in total. The molecule has 4 heterocycles.